The Labute approximate surface area is 215 Å². The molecule has 2 atom stereocenters. The summed E-state index contributed by atoms with van der Waals surface area (Å²) in [5.41, 5.74) is 2.67. The second-order valence-electron chi connectivity index (χ2n) is 10.9. The number of aromatic nitrogens is 1. The third-order valence-electron chi connectivity index (χ3n) is 8.09. The van der Waals surface area contributed by atoms with Crippen LogP contribution in [0.25, 0.3) is 5.57 Å². The Morgan fingerprint density at radius 3 is 2.47 bits per heavy atom. The Kier molecular flexibility index (Phi) is 8.80. The van der Waals surface area contributed by atoms with Crippen molar-refractivity contribution in [3.8, 4) is 0 Å². The molecule has 2 aliphatic rings. The Morgan fingerprint density at radius 2 is 1.97 bits per heavy atom. The summed E-state index contributed by atoms with van der Waals surface area (Å²) in [5.74, 6) is 0.288. The first kappa shape index (κ1) is 27.7. The number of ether oxygens (including phenoxy) is 1. The Bertz CT molecular complexity index is 1160. The van der Waals surface area contributed by atoms with E-state index >= 15 is 0 Å². The number of nitrogens with zero attached hydrogens (tertiary/aromatic N) is 2. The van der Waals surface area contributed by atoms with Gasteiger partial charge in [0.1, 0.15) is 17.0 Å². The van der Waals surface area contributed by atoms with Gasteiger partial charge in [0.25, 0.3) is 0 Å². The lowest BCUT2D eigenvalue weighted by Gasteiger charge is -2.42. The first-order chi connectivity index (χ1) is 17.1. The normalized spacial score (nSPS) is 20.5. The van der Waals surface area contributed by atoms with Crippen LogP contribution in [0.1, 0.15) is 95.2 Å². The van der Waals surface area contributed by atoms with Crippen molar-refractivity contribution in [1.29, 1.82) is 0 Å². The third-order valence-corrected chi connectivity index (χ3v) is 8.09. The molecule has 0 saturated heterocycles. The lowest BCUT2D eigenvalue weighted by molar-refractivity contribution is 0.0692. The zero-order valence-electron chi connectivity index (χ0n) is 22.9. The SMILES string of the molecule is CCC(C)/C(=C1/C=CC=C(OC)/C1=N/C)c1cc(=O)c(C(=O)O)cn1C(CC)C(C)(C)CC1CCC1. The summed E-state index contributed by atoms with van der Waals surface area (Å²) in [4.78, 5) is 29.7. The lowest BCUT2D eigenvalue weighted by atomic mass is 9.69. The van der Waals surface area contributed by atoms with Gasteiger partial charge < -0.3 is 14.4 Å². The molecule has 6 heteroatoms. The lowest BCUT2D eigenvalue weighted by Crippen LogP contribution is -2.34. The summed E-state index contributed by atoms with van der Waals surface area (Å²) in [6.07, 6.45) is 14.0. The van der Waals surface area contributed by atoms with E-state index in [0.717, 1.165) is 41.8 Å². The molecule has 0 radical (unpaired) electrons. The van der Waals surface area contributed by atoms with E-state index in [9.17, 15) is 14.7 Å². The van der Waals surface area contributed by atoms with Crippen LogP contribution >= 0.6 is 0 Å². The quantitative estimate of drug-likeness (QED) is 0.393. The fourth-order valence-electron chi connectivity index (χ4n) is 5.88. The molecule has 6 nitrogen and oxygen atoms in total. The first-order valence-corrected chi connectivity index (χ1v) is 13.2. The summed E-state index contributed by atoms with van der Waals surface area (Å²) in [6, 6.07) is 1.56. The van der Waals surface area contributed by atoms with Crippen LogP contribution in [0, 0.1) is 17.3 Å². The standard InChI is InChI=1S/C30H42N2O4/c1-8-19(3)27(21-14-11-15-25(36-7)28(21)31-6)23-16-24(33)22(29(34)35)18-32(23)26(9-2)30(4,5)17-20-12-10-13-20/h11,14-16,18-20,26H,8-10,12-13,17H2,1-7H3,(H,34,35)/b27-21+,31-28+. The molecule has 0 aromatic carbocycles. The zero-order valence-corrected chi connectivity index (χ0v) is 22.9. The van der Waals surface area contributed by atoms with Gasteiger partial charge >= 0.3 is 5.97 Å². The number of aromatic carboxylic acids is 1. The second kappa shape index (κ2) is 11.4. The van der Waals surface area contributed by atoms with Crippen molar-refractivity contribution >= 4 is 17.3 Å². The molecule has 0 spiro atoms. The monoisotopic (exact) mass is 494 g/mol. The van der Waals surface area contributed by atoms with Crippen molar-refractivity contribution in [2.45, 2.75) is 79.2 Å². The van der Waals surface area contributed by atoms with Gasteiger partial charge in [-0.3, -0.25) is 9.79 Å². The molecule has 2 aliphatic carbocycles. The highest BCUT2D eigenvalue weighted by Crippen LogP contribution is 2.46. The molecule has 1 aromatic rings. The van der Waals surface area contributed by atoms with Gasteiger partial charge in [-0.2, -0.15) is 0 Å². The number of carbonyl (C=O) groups is 1. The molecule has 1 heterocycles. The van der Waals surface area contributed by atoms with Crippen molar-refractivity contribution in [1.82, 2.24) is 4.57 Å². The van der Waals surface area contributed by atoms with Crippen molar-refractivity contribution in [2.75, 3.05) is 14.2 Å². The van der Waals surface area contributed by atoms with E-state index in [4.69, 9.17) is 4.74 Å². The first-order valence-electron chi connectivity index (χ1n) is 13.2. The predicted octanol–water partition coefficient (Wildman–Crippen LogP) is 6.68. The molecule has 0 bridgehead atoms. The number of allylic oxidation sites excluding steroid dienone is 5. The average Bonchev–Trinajstić information content (AvgIpc) is 2.82. The van der Waals surface area contributed by atoms with Gasteiger partial charge in [0.2, 0.25) is 0 Å². The van der Waals surface area contributed by atoms with Gasteiger partial charge in [0, 0.05) is 36.6 Å². The molecular weight excluding hydrogens is 452 g/mol. The van der Waals surface area contributed by atoms with Gasteiger partial charge in [0.15, 0.2) is 5.43 Å². The van der Waals surface area contributed by atoms with Crippen LogP contribution in [-0.4, -0.2) is 35.5 Å². The summed E-state index contributed by atoms with van der Waals surface area (Å²) in [7, 11) is 3.37. The number of hydrogen-bond acceptors (Lipinski definition) is 4. The minimum absolute atomic E-state index is 0.0264. The number of hydrogen-bond donors (Lipinski definition) is 1. The van der Waals surface area contributed by atoms with Gasteiger partial charge in [0.05, 0.1) is 7.11 Å². The van der Waals surface area contributed by atoms with Gasteiger partial charge in [-0.25, -0.2) is 4.79 Å². The second-order valence-corrected chi connectivity index (χ2v) is 10.9. The Balaban J connectivity index is 2.34. The molecule has 1 N–H and O–H groups in total. The molecule has 36 heavy (non-hydrogen) atoms. The van der Waals surface area contributed by atoms with Crippen LogP contribution in [0.5, 0.6) is 0 Å². The molecule has 2 unspecified atom stereocenters. The van der Waals surface area contributed by atoms with Crippen LogP contribution in [0.3, 0.4) is 0 Å². The molecular formula is C30H42N2O4. The minimum Gasteiger partial charge on any atom is -0.494 e. The molecule has 1 fully saturated rings. The van der Waals surface area contributed by atoms with Gasteiger partial charge in [-0.1, -0.05) is 66.0 Å². The van der Waals surface area contributed by atoms with Crippen molar-refractivity contribution in [3.63, 3.8) is 0 Å². The van der Waals surface area contributed by atoms with Crippen molar-refractivity contribution in [3.05, 3.63) is 63.3 Å². The van der Waals surface area contributed by atoms with Gasteiger partial charge in [-0.05, 0) is 48.2 Å². The predicted molar refractivity (Wildman–Crippen MR) is 147 cm³/mol. The van der Waals surface area contributed by atoms with Crippen LogP contribution in [0.4, 0.5) is 0 Å². The highest BCUT2D eigenvalue weighted by atomic mass is 16.5. The summed E-state index contributed by atoms with van der Waals surface area (Å²) >= 11 is 0. The Hall–Kier alpha value is -2.89. The van der Waals surface area contributed by atoms with E-state index in [2.05, 4.69) is 44.2 Å². The highest BCUT2D eigenvalue weighted by Gasteiger charge is 2.36. The highest BCUT2D eigenvalue weighted by molar-refractivity contribution is 6.18. The maximum absolute atomic E-state index is 13.1. The fraction of sp³-hybridized carbons (Fsp3) is 0.567. The maximum atomic E-state index is 13.1. The number of methoxy groups -OCH3 is 1. The largest absolute Gasteiger partial charge is 0.494 e. The summed E-state index contributed by atoms with van der Waals surface area (Å²) in [5, 5.41) is 9.84. The molecule has 196 valence electrons. The summed E-state index contributed by atoms with van der Waals surface area (Å²) in [6.45, 7) is 11.0. The van der Waals surface area contributed by atoms with Crippen LogP contribution < -0.4 is 5.43 Å². The van der Waals surface area contributed by atoms with Crippen molar-refractivity contribution < 1.29 is 14.6 Å². The molecule has 0 aliphatic heterocycles. The third kappa shape index (κ3) is 5.42. The van der Waals surface area contributed by atoms with E-state index < -0.39 is 11.4 Å². The number of carboxylic acids is 1. The maximum Gasteiger partial charge on any atom is 0.341 e. The van der Waals surface area contributed by atoms with E-state index in [1.807, 2.05) is 18.2 Å². The number of pyridine rings is 1. The van der Waals surface area contributed by atoms with Crippen LogP contribution in [0.2, 0.25) is 0 Å². The van der Waals surface area contributed by atoms with Gasteiger partial charge in [-0.15, -0.1) is 0 Å². The Morgan fingerprint density at radius 1 is 1.28 bits per heavy atom. The van der Waals surface area contributed by atoms with Crippen LogP contribution in [0.15, 0.2) is 51.6 Å². The zero-order chi connectivity index (χ0) is 26.6. The van der Waals surface area contributed by atoms with E-state index in [0.29, 0.717) is 11.7 Å². The topological polar surface area (TPSA) is 80.9 Å². The fourth-order valence-corrected chi connectivity index (χ4v) is 5.88. The molecule has 1 aromatic heterocycles. The number of carboxylic acid groups (broad SMARTS) is 1. The molecule has 0 amide bonds. The van der Waals surface area contributed by atoms with E-state index in [1.54, 1.807) is 20.4 Å². The van der Waals surface area contributed by atoms with Crippen molar-refractivity contribution in [2.24, 2.45) is 22.2 Å². The average molecular weight is 495 g/mol. The summed E-state index contributed by atoms with van der Waals surface area (Å²) < 4.78 is 7.70. The van der Waals surface area contributed by atoms with Crippen LogP contribution in [-0.2, 0) is 4.74 Å². The smallest absolute Gasteiger partial charge is 0.341 e. The molecule has 1 saturated carbocycles. The number of aliphatic imine (C=N–C) groups is 1. The number of rotatable bonds is 10. The van der Waals surface area contributed by atoms with E-state index in [-0.39, 0.29) is 22.9 Å². The van der Waals surface area contributed by atoms with E-state index in [1.165, 1.54) is 25.3 Å². The minimum atomic E-state index is -1.19. The molecule has 3 rings (SSSR count).